The van der Waals surface area contributed by atoms with Crippen LogP contribution in [-0.4, -0.2) is 20.1 Å². The molecule has 0 spiro atoms. The van der Waals surface area contributed by atoms with Gasteiger partial charge in [-0.3, -0.25) is 4.79 Å². The minimum Gasteiger partial charge on any atom is -0.349 e. The maximum Gasteiger partial charge on any atom is 0.236 e. The predicted molar refractivity (Wildman–Crippen MR) is 105 cm³/mol. The van der Waals surface area contributed by atoms with Crippen LogP contribution in [0.1, 0.15) is 37.9 Å². The summed E-state index contributed by atoms with van der Waals surface area (Å²) in [5, 5.41) is 3.20. The van der Waals surface area contributed by atoms with Crippen LogP contribution in [0.15, 0.2) is 53.4 Å². The smallest absolute Gasteiger partial charge is 0.236 e. The van der Waals surface area contributed by atoms with Crippen molar-refractivity contribution in [2.45, 2.75) is 38.1 Å². The van der Waals surface area contributed by atoms with Gasteiger partial charge >= 0.3 is 0 Å². The van der Waals surface area contributed by atoms with E-state index in [0.717, 1.165) is 12.0 Å². The van der Waals surface area contributed by atoms with Gasteiger partial charge in [0.15, 0.2) is 9.84 Å². The molecule has 0 fully saturated rings. The van der Waals surface area contributed by atoms with Gasteiger partial charge in [0.05, 0.1) is 10.9 Å². The molecule has 0 saturated carbocycles. The lowest BCUT2D eigenvalue weighted by atomic mass is 10.00. The number of amides is 1. The van der Waals surface area contributed by atoms with Crippen molar-refractivity contribution in [1.29, 1.82) is 0 Å². The van der Waals surface area contributed by atoms with Gasteiger partial charge in [-0.1, -0.05) is 49.7 Å². The second kappa shape index (κ2) is 8.69. The van der Waals surface area contributed by atoms with E-state index in [1.807, 2.05) is 31.2 Å². The number of sulfone groups is 1. The maximum atomic E-state index is 12.3. The molecule has 4 nitrogen and oxygen atoms in total. The lowest BCUT2D eigenvalue weighted by Crippen LogP contribution is -2.32. The number of carbonyl (C=O) groups is 1. The number of rotatable bonds is 7. The summed E-state index contributed by atoms with van der Waals surface area (Å²) in [6.45, 7) is 6.17. The van der Waals surface area contributed by atoms with Crippen molar-refractivity contribution in [2.75, 3.05) is 5.75 Å². The van der Waals surface area contributed by atoms with Gasteiger partial charge < -0.3 is 5.32 Å². The molecule has 0 bridgehead atoms. The molecule has 1 amide bonds. The monoisotopic (exact) mass is 393 g/mol. The number of nitrogens with one attached hydrogen (secondary N) is 1. The summed E-state index contributed by atoms with van der Waals surface area (Å²) >= 11 is 5.77. The second-order valence-corrected chi connectivity index (χ2v) is 9.27. The first-order chi connectivity index (χ1) is 12.2. The van der Waals surface area contributed by atoms with Crippen LogP contribution in [0, 0.1) is 5.92 Å². The van der Waals surface area contributed by atoms with Crippen molar-refractivity contribution in [3.05, 3.63) is 64.7 Å². The van der Waals surface area contributed by atoms with Crippen LogP contribution in [-0.2, 0) is 21.1 Å². The average Bonchev–Trinajstić information content (AvgIpc) is 2.54. The average molecular weight is 394 g/mol. The van der Waals surface area contributed by atoms with Gasteiger partial charge in [-0.25, -0.2) is 8.42 Å². The quantitative estimate of drug-likeness (QED) is 0.767. The fourth-order valence-electron chi connectivity index (χ4n) is 2.68. The molecule has 26 heavy (non-hydrogen) atoms. The summed E-state index contributed by atoms with van der Waals surface area (Å²) in [5.74, 6) is -0.542. The Kier molecular flexibility index (Phi) is 6.84. The Morgan fingerprint density at radius 3 is 2.12 bits per heavy atom. The van der Waals surface area contributed by atoms with Gasteiger partial charge in [-0.05, 0) is 54.7 Å². The van der Waals surface area contributed by atoms with E-state index in [2.05, 4.69) is 19.2 Å². The van der Waals surface area contributed by atoms with Gasteiger partial charge in [-0.15, -0.1) is 0 Å². The van der Waals surface area contributed by atoms with E-state index in [0.29, 0.717) is 10.9 Å². The van der Waals surface area contributed by atoms with E-state index in [9.17, 15) is 13.2 Å². The van der Waals surface area contributed by atoms with E-state index >= 15 is 0 Å². The van der Waals surface area contributed by atoms with Crippen LogP contribution in [0.2, 0.25) is 5.02 Å². The number of benzene rings is 2. The summed E-state index contributed by atoms with van der Waals surface area (Å²) in [6, 6.07) is 13.6. The highest BCUT2D eigenvalue weighted by molar-refractivity contribution is 7.92. The van der Waals surface area contributed by atoms with E-state index in [1.165, 1.54) is 29.8 Å². The molecular weight excluding hydrogens is 370 g/mol. The Balaban J connectivity index is 1.99. The lowest BCUT2D eigenvalue weighted by molar-refractivity contribution is -0.119. The molecule has 2 aromatic carbocycles. The molecule has 2 rings (SSSR count). The SMILES string of the molecule is CC(C)Cc1ccc(C(C)NC(=O)CS(=O)(=O)c2ccc(Cl)cc2)cc1. The third-order valence-corrected chi connectivity index (χ3v) is 5.88. The zero-order valence-corrected chi connectivity index (χ0v) is 16.8. The lowest BCUT2D eigenvalue weighted by Gasteiger charge is -2.15. The largest absolute Gasteiger partial charge is 0.349 e. The minimum absolute atomic E-state index is 0.0859. The van der Waals surface area contributed by atoms with Crippen molar-refractivity contribution in [1.82, 2.24) is 5.32 Å². The number of halogens is 1. The summed E-state index contributed by atoms with van der Waals surface area (Å²) < 4.78 is 24.6. The van der Waals surface area contributed by atoms with E-state index in [-0.39, 0.29) is 10.9 Å². The van der Waals surface area contributed by atoms with Crippen molar-refractivity contribution in [2.24, 2.45) is 5.92 Å². The first-order valence-corrected chi connectivity index (χ1v) is 10.6. The summed E-state index contributed by atoms with van der Waals surface area (Å²) in [6.07, 6.45) is 1.00. The Morgan fingerprint density at radius 2 is 1.58 bits per heavy atom. The molecule has 0 aliphatic heterocycles. The summed E-state index contributed by atoms with van der Waals surface area (Å²) in [7, 11) is -3.69. The standard InChI is InChI=1S/C20H24ClNO3S/c1-14(2)12-16-4-6-17(7-5-16)15(3)22-20(23)13-26(24,25)19-10-8-18(21)9-11-19/h4-11,14-15H,12-13H2,1-3H3,(H,22,23). The van der Waals surface area contributed by atoms with Gasteiger partial charge in [0.2, 0.25) is 5.91 Å². The van der Waals surface area contributed by atoms with Gasteiger partial charge in [0.1, 0.15) is 5.75 Å². The first-order valence-electron chi connectivity index (χ1n) is 8.54. The molecule has 0 aromatic heterocycles. The molecule has 0 saturated heterocycles. The number of hydrogen-bond acceptors (Lipinski definition) is 3. The first kappa shape index (κ1) is 20.5. The molecule has 0 aliphatic rings. The van der Waals surface area contributed by atoms with Crippen LogP contribution in [0.25, 0.3) is 0 Å². The molecule has 0 aliphatic carbocycles. The van der Waals surface area contributed by atoms with Crippen LogP contribution < -0.4 is 5.32 Å². The van der Waals surface area contributed by atoms with Crippen molar-refractivity contribution in [3.8, 4) is 0 Å². The zero-order chi connectivity index (χ0) is 19.3. The number of hydrogen-bond donors (Lipinski definition) is 1. The molecule has 2 aromatic rings. The highest BCUT2D eigenvalue weighted by Gasteiger charge is 2.20. The van der Waals surface area contributed by atoms with E-state index in [1.54, 1.807) is 0 Å². The third-order valence-electron chi connectivity index (χ3n) is 4.00. The highest BCUT2D eigenvalue weighted by Crippen LogP contribution is 2.17. The third kappa shape index (κ3) is 5.85. The molecular formula is C20H24ClNO3S. The topological polar surface area (TPSA) is 63.2 Å². The van der Waals surface area contributed by atoms with Gasteiger partial charge in [-0.2, -0.15) is 0 Å². The van der Waals surface area contributed by atoms with Crippen molar-refractivity contribution in [3.63, 3.8) is 0 Å². The number of carbonyl (C=O) groups excluding carboxylic acids is 1. The van der Waals surface area contributed by atoms with Crippen LogP contribution >= 0.6 is 11.6 Å². The van der Waals surface area contributed by atoms with Crippen LogP contribution in [0.3, 0.4) is 0 Å². The highest BCUT2D eigenvalue weighted by atomic mass is 35.5. The molecule has 6 heteroatoms. The fourth-order valence-corrected chi connectivity index (χ4v) is 3.95. The molecule has 0 radical (unpaired) electrons. The Morgan fingerprint density at radius 1 is 1.00 bits per heavy atom. The second-order valence-electron chi connectivity index (χ2n) is 6.84. The van der Waals surface area contributed by atoms with Gasteiger partial charge in [0.25, 0.3) is 0 Å². The van der Waals surface area contributed by atoms with Crippen molar-refractivity contribution >= 4 is 27.3 Å². The zero-order valence-electron chi connectivity index (χ0n) is 15.2. The molecule has 1 N–H and O–H groups in total. The molecule has 1 atom stereocenters. The Hall–Kier alpha value is -1.85. The van der Waals surface area contributed by atoms with Crippen LogP contribution in [0.4, 0.5) is 0 Å². The fraction of sp³-hybridized carbons (Fsp3) is 0.350. The van der Waals surface area contributed by atoms with Gasteiger partial charge in [0, 0.05) is 5.02 Å². The molecule has 140 valence electrons. The summed E-state index contributed by atoms with van der Waals surface area (Å²) in [4.78, 5) is 12.3. The van der Waals surface area contributed by atoms with Crippen LogP contribution in [0.5, 0.6) is 0 Å². The predicted octanol–water partition coefficient (Wildman–Crippen LogP) is 4.19. The Bertz CT molecular complexity index is 844. The molecule has 0 heterocycles. The van der Waals surface area contributed by atoms with E-state index < -0.39 is 21.5 Å². The summed E-state index contributed by atoms with van der Waals surface area (Å²) in [5.41, 5.74) is 2.18. The molecule has 1 unspecified atom stereocenters. The van der Waals surface area contributed by atoms with Crippen molar-refractivity contribution < 1.29 is 13.2 Å². The Labute approximate surface area is 160 Å². The maximum absolute atomic E-state index is 12.3. The minimum atomic E-state index is -3.69. The van der Waals surface area contributed by atoms with E-state index in [4.69, 9.17) is 11.6 Å². The normalized spacial score (nSPS) is 12.8.